The number of nitrogens with zero attached hydrogens (tertiary/aromatic N) is 5. The molecule has 8 nitrogen and oxygen atoms in total. The molecule has 5 aromatic rings. The minimum Gasteiger partial charge on any atom is -0.489 e. The number of amides is 1. The van der Waals surface area contributed by atoms with Gasteiger partial charge >= 0.3 is 0 Å². The highest BCUT2D eigenvalue weighted by Gasteiger charge is 2.42. The largest absolute Gasteiger partial charge is 0.489 e. The van der Waals surface area contributed by atoms with Gasteiger partial charge in [-0.25, -0.2) is 9.67 Å². The third kappa shape index (κ3) is 5.09. The van der Waals surface area contributed by atoms with Crippen LogP contribution in [0, 0.1) is 0 Å². The van der Waals surface area contributed by atoms with Crippen LogP contribution in [-0.4, -0.2) is 51.8 Å². The lowest BCUT2D eigenvalue weighted by atomic mass is 9.76. The van der Waals surface area contributed by atoms with Crippen molar-refractivity contribution in [3.05, 3.63) is 144 Å². The summed E-state index contributed by atoms with van der Waals surface area (Å²) in [5.74, 6) is 1.63. The lowest BCUT2D eigenvalue weighted by Gasteiger charge is -2.39. The minimum absolute atomic E-state index is 0.0471. The predicted octanol–water partition coefficient (Wildman–Crippen LogP) is 4.60. The number of carbonyl (C=O) groups excluding carboxylic acids is 1. The number of anilines is 1. The first-order valence-corrected chi connectivity index (χ1v) is 14.7. The zero-order valence-electron chi connectivity index (χ0n) is 24.1. The van der Waals surface area contributed by atoms with Crippen molar-refractivity contribution in [2.24, 2.45) is 0 Å². The molecule has 1 aromatic heterocycles. The third-order valence-corrected chi connectivity index (χ3v) is 8.52. The molecule has 8 heteroatoms. The number of hydrogen-bond donors (Lipinski definition) is 1. The predicted molar refractivity (Wildman–Crippen MR) is 166 cm³/mol. The average Bonchev–Trinajstić information content (AvgIpc) is 3.50. The van der Waals surface area contributed by atoms with Crippen molar-refractivity contribution >= 4 is 11.6 Å². The number of rotatable bonds is 7. The van der Waals surface area contributed by atoms with Gasteiger partial charge in [-0.15, -0.1) is 0 Å². The van der Waals surface area contributed by atoms with E-state index in [0.29, 0.717) is 5.75 Å². The molecule has 0 aliphatic carbocycles. The topological polar surface area (TPSA) is 75.5 Å². The fourth-order valence-corrected chi connectivity index (χ4v) is 6.33. The number of carbonyl (C=O) groups is 1. The maximum Gasteiger partial charge on any atom is 0.247 e. The number of fused-ring (bicyclic) bond motifs is 2. The molecule has 1 amide bonds. The molecule has 1 N–H and O–H groups in total. The van der Waals surface area contributed by atoms with E-state index in [1.165, 1.54) is 0 Å². The molecule has 43 heavy (non-hydrogen) atoms. The van der Waals surface area contributed by atoms with Crippen LogP contribution in [-0.2, 0) is 30.0 Å². The van der Waals surface area contributed by atoms with Crippen LogP contribution in [0.5, 0.6) is 5.75 Å². The fraction of sp³-hybridized carbons (Fsp3) is 0.229. The Morgan fingerprint density at radius 2 is 1.49 bits per heavy atom. The first-order valence-electron chi connectivity index (χ1n) is 14.7. The zero-order chi connectivity index (χ0) is 29.2. The first kappa shape index (κ1) is 27.1. The van der Waals surface area contributed by atoms with Crippen LogP contribution in [0.15, 0.2) is 116 Å². The van der Waals surface area contributed by atoms with E-state index < -0.39 is 11.6 Å². The molecule has 7 rings (SSSR count). The number of benzene rings is 4. The summed E-state index contributed by atoms with van der Waals surface area (Å²) in [6, 6.07) is 36.5. The molecule has 0 saturated heterocycles. The summed E-state index contributed by atoms with van der Waals surface area (Å²) in [7, 11) is 1.84. The van der Waals surface area contributed by atoms with Crippen LogP contribution in [0.2, 0.25) is 0 Å². The maximum absolute atomic E-state index is 14.2. The number of nitrogens with one attached hydrogen (secondary N) is 1. The van der Waals surface area contributed by atoms with Gasteiger partial charge in [-0.2, -0.15) is 5.10 Å². The fourth-order valence-electron chi connectivity index (χ4n) is 6.33. The molecule has 4 aromatic carbocycles. The van der Waals surface area contributed by atoms with Crippen molar-refractivity contribution in [1.29, 1.82) is 0 Å². The van der Waals surface area contributed by atoms with Crippen LogP contribution in [0.1, 0.15) is 28.1 Å². The van der Waals surface area contributed by atoms with Gasteiger partial charge in [0.05, 0.1) is 24.3 Å². The van der Waals surface area contributed by atoms with E-state index >= 15 is 0 Å². The minimum atomic E-state index is -0.787. The molecule has 2 aliphatic rings. The highest BCUT2D eigenvalue weighted by atomic mass is 16.5. The second-order valence-electron chi connectivity index (χ2n) is 11.2. The van der Waals surface area contributed by atoms with E-state index in [1.54, 1.807) is 11.2 Å². The van der Waals surface area contributed by atoms with Crippen LogP contribution in [0.4, 0.5) is 5.69 Å². The number of ether oxygens (including phenoxy) is 1. The summed E-state index contributed by atoms with van der Waals surface area (Å²) in [5, 5.41) is 8.11. The Bertz CT molecular complexity index is 1610. The molecule has 1 unspecified atom stereocenters. The van der Waals surface area contributed by atoms with Gasteiger partial charge in [0.25, 0.3) is 0 Å². The van der Waals surface area contributed by atoms with E-state index in [2.05, 4.69) is 68.8 Å². The monoisotopic (exact) mass is 570 g/mol. The molecular weight excluding hydrogens is 536 g/mol. The second-order valence-corrected chi connectivity index (χ2v) is 11.2. The summed E-state index contributed by atoms with van der Waals surface area (Å²) < 4.78 is 8.34. The van der Waals surface area contributed by atoms with Crippen LogP contribution in [0.25, 0.3) is 0 Å². The molecule has 3 heterocycles. The summed E-state index contributed by atoms with van der Waals surface area (Å²) in [6.07, 6.45) is 1.62. The Kier molecular flexibility index (Phi) is 7.22. The zero-order valence-corrected chi connectivity index (χ0v) is 24.1. The van der Waals surface area contributed by atoms with E-state index in [4.69, 9.17) is 4.74 Å². The number of likely N-dealkylation sites (N-methyl/N-ethyl adjacent to an activating group) is 1. The molecule has 0 bridgehead atoms. The molecule has 2 aliphatic heterocycles. The molecular formula is C35H34N6O2. The van der Waals surface area contributed by atoms with Crippen molar-refractivity contribution in [2.75, 3.05) is 25.1 Å². The smallest absolute Gasteiger partial charge is 0.247 e. The molecule has 0 radical (unpaired) electrons. The summed E-state index contributed by atoms with van der Waals surface area (Å²) in [6.45, 7) is 3.41. The molecule has 0 saturated carbocycles. The van der Waals surface area contributed by atoms with Crippen LogP contribution < -0.4 is 15.0 Å². The first-order chi connectivity index (χ1) is 21.1. The van der Waals surface area contributed by atoms with Gasteiger partial charge in [0.15, 0.2) is 0 Å². The second kappa shape index (κ2) is 11.5. The van der Waals surface area contributed by atoms with Gasteiger partial charge in [-0.05, 0) is 34.4 Å². The van der Waals surface area contributed by atoms with Crippen molar-refractivity contribution in [3.63, 3.8) is 0 Å². The van der Waals surface area contributed by atoms with Gasteiger partial charge < -0.3 is 9.64 Å². The maximum atomic E-state index is 14.2. The van der Waals surface area contributed by atoms with E-state index in [9.17, 15) is 4.79 Å². The Hall–Kier alpha value is -4.79. The quantitative estimate of drug-likeness (QED) is 0.289. The lowest BCUT2D eigenvalue weighted by molar-refractivity contribution is -0.121. The Labute approximate surface area is 251 Å². The summed E-state index contributed by atoms with van der Waals surface area (Å²) in [4.78, 5) is 22.7. The van der Waals surface area contributed by atoms with Gasteiger partial charge in [0.2, 0.25) is 5.91 Å². The van der Waals surface area contributed by atoms with E-state index in [1.807, 2.05) is 72.4 Å². The van der Waals surface area contributed by atoms with E-state index in [0.717, 1.165) is 59.9 Å². The van der Waals surface area contributed by atoms with Crippen LogP contribution in [0.3, 0.4) is 0 Å². The average molecular weight is 571 g/mol. The molecule has 216 valence electrons. The van der Waals surface area contributed by atoms with Crippen molar-refractivity contribution in [2.45, 2.75) is 31.2 Å². The van der Waals surface area contributed by atoms with Crippen molar-refractivity contribution in [1.82, 2.24) is 25.0 Å². The summed E-state index contributed by atoms with van der Waals surface area (Å²) in [5.41, 5.74) is 4.24. The van der Waals surface area contributed by atoms with Gasteiger partial charge in [-0.1, -0.05) is 97.1 Å². The highest BCUT2D eigenvalue weighted by Crippen LogP contribution is 2.39. The van der Waals surface area contributed by atoms with E-state index in [-0.39, 0.29) is 12.5 Å². The van der Waals surface area contributed by atoms with Crippen molar-refractivity contribution in [3.8, 4) is 5.75 Å². The molecule has 0 fully saturated rings. The number of aromatic nitrogens is 3. The summed E-state index contributed by atoms with van der Waals surface area (Å²) >= 11 is 0. The Morgan fingerprint density at radius 3 is 2.12 bits per heavy atom. The normalized spacial score (nSPS) is 17.1. The Balaban J connectivity index is 1.21. The molecule has 1 atom stereocenters. The SMILES string of the molecule is CN1C(=O)C(NC(c2ccccc2)(c2ccccc2)c2ccccc2)COc2ccc(CN3CCn4ncnc4C3)cc21. The van der Waals surface area contributed by atoms with Gasteiger partial charge in [-0.3, -0.25) is 15.0 Å². The number of hydrogen-bond acceptors (Lipinski definition) is 6. The van der Waals surface area contributed by atoms with Crippen molar-refractivity contribution < 1.29 is 9.53 Å². The highest BCUT2D eigenvalue weighted by molar-refractivity contribution is 5.99. The third-order valence-electron chi connectivity index (χ3n) is 8.52. The molecule has 0 spiro atoms. The standard InChI is InChI=1S/C35H34N6O2/c1-39-31-21-26(22-40-19-20-41-33(23-40)36-25-37-41)17-18-32(31)43-24-30(34(39)42)38-35(27-11-5-2-6-12-27,28-13-7-3-8-14-28)29-15-9-4-10-16-29/h2-18,21,25,30,38H,19-20,22-24H2,1H3. The van der Waals surface area contributed by atoms with Crippen LogP contribution >= 0.6 is 0 Å². The van der Waals surface area contributed by atoms with Gasteiger partial charge in [0.1, 0.15) is 30.5 Å². The lowest BCUT2D eigenvalue weighted by Crippen LogP contribution is -2.56. The Morgan fingerprint density at radius 1 is 0.860 bits per heavy atom. The van der Waals surface area contributed by atoms with Gasteiger partial charge in [0, 0.05) is 20.1 Å².